The van der Waals surface area contributed by atoms with Crippen LogP contribution in [0.2, 0.25) is 5.15 Å². The third-order valence-corrected chi connectivity index (χ3v) is 3.83. The number of halogens is 1. The summed E-state index contributed by atoms with van der Waals surface area (Å²) in [4.78, 5) is 4.35. The van der Waals surface area contributed by atoms with Crippen molar-refractivity contribution in [1.29, 1.82) is 0 Å². The lowest BCUT2D eigenvalue weighted by atomic mass is 10.2. The Labute approximate surface area is 128 Å². The summed E-state index contributed by atoms with van der Waals surface area (Å²) in [6.07, 6.45) is 3.89. The van der Waals surface area contributed by atoms with Crippen molar-refractivity contribution in [2.75, 3.05) is 0 Å². The highest BCUT2D eigenvalue weighted by Crippen LogP contribution is 2.28. The van der Waals surface area contributed by atoms with Crippen molar-refractivity contribution in [2.45, 2.75) is 26.5 Å². The highest BCUT2D eigenvalue weighted by Gasteiger charge is 2.10. The van der Waals surface area contributed by atoms with Gasteiger partial charge in [0.2, 0.25) is 0 Å². The molecule has 0 aliphatic heterocycles. The molecular formula is C16H18ClN3O. The second-order valence-electron chi connectivity index (χ2n) is 5.36. The first kappa shape index (κ1) is 14.0. The Kier molecular flexibility index (Phi) is 3.64. The number of fused-ring (bicyclic) bond motifs is 1. The molecule has 0 N–H and O–H groups in total. The van der Waals surface area contributed by atoms with E-state index in [4.69, 9.17) is 16.3 Å². The lowest BCUT2D eigenvalue weighted by Gasteiger charge is -2.11. The van der Waals surface area contributed by atoms with Crippen LogP contribution in [0.3, 0.4) is 0 Å². The van der Waals surface area contributed by atoms with Crippen LogP contribution in [0.4, 0.5) is 0 Å². The van der Waals surface area contributed by atoms with E-state index < -0.39 is 0 Å². The molecule has 21 heavy (non-hydrogen) atoms. The molecule has 0 radical (unpaired) electrons. The van der Waals surface area contributed by atoms with Crippen LogP contribution in [0.25, 0.3) is 10.9 Å². The van der Waals surface area contributed by atoms with Gasteiger partial charge in [-0.25, -0.2) is 4.98 Å². The molecule has 0 bridgehead atoms. The summed E-state index contributed by atoms with van der Waals surface area (Å²) in [5, 5.41) is 1.76. The highest BCUT2D eigenvalue weighted by molar-refractivity contribution is 6.29. The van der Waals surface area contributed by atoms with Gasteiger partial charge in [0.1, 0.15) is 16.7 Å². The Balaban J connectivity index is 1.99. The minimum Gasteiger partial charge on any atom is -0.490 e. The van der Waals surface area contributed by atoms with E-state index in [0.29, 0.717) is 11.7 Å². The van der Waals surface area contributed by atoms with Crippen molar-refractivity contribution in [1.82, 2.24) is 14.1 Å². The zero-order valence-electron chi connectivity index (χ0n) is 12.4. The van der Waals surface area contributed by atoms with E-state index >= 15 is 0 Å². The van der Waals surface area contributed by atoms with E-state index in [2.05, 4.69) is 27.9 Å². The number of nitrogens with zero attached hydrogens (tertiary/aromatic N) is 3. The fraction of sp³-hybridized carbons (Fsp3) is 0.312. The second kappa shape index (κ2) is 5.45. The minimum absolute atomic E-state index is 0.160. The number of rotatable bonds is 4. The predicted octanol–water partition coefficient (Wildman–Crippen LogP) is 3.86. The molecule has 5 heteroatoms. The Morgan fingerprint density at radius 3 is 2.76 bits per heavy atom. The summed E-state index contributed by atoms with van der Waals surface area (Å²) in [6.45, 7) is 4.75. The van der Waals surface area contributed by atoms with Crippen LogP contribution in [0.5, 0.6) is 5.75 Å². The molecule has 3 rings (SSSR count). The molecule has 0 atom stereocenters. The molecule has 4 nitrogen and oxygen atoms in total. The number of benzene rings is 1. The Hall–Kier alpha value is -1.94. The fourth-order valence-corrected chi connectivity index (χ4v) is 2.56. The van der Waals surface area contributed by atoms with Crippen LogP contribution in [-0.2, 0) is 13.6 Å². The third kappa shape index (κ3) is 2.63. The highest BCUT2D eigenvalue weighted by atomic mass is 35.5. The van der Waals surface area contributed by atoms with Crippen molar-refractivity contribution in [2.24, 2.45) is 7.05 Å². The van der Waals surface area contributed by atoms with Gasteiger partial charge in [0, 0.05) is 18.6 Å². The molecule has 0 saturated heterocycles. The first-order valence-electron chi connectivity index (χ1n) is 6.97. The van der Waals surface area contributed by atoms with Gasteiger partial charge in [0.05, 0.1) is 24.4 Å². The van der Waals surface area contributed by atoms with Crippen molar-refractivity contribution < 1.29 is 4.74 Å². The van der Waals surface area contributed by atoms with Gasteiger partial charge in [-0.15, -0.1) is 0 Å². The quantitative estimate of drug-likeness (QED) is 0.733. The van der Waals surface area contributed by atoms with Gasteiger partial charge in [-0.1, -0.05) is 17.7 Å². The van der Waals surface area contributed by atoms with E-state index in [-0.39, 0.29) is 6.10 Å². The monoisotopic (exact) mass is 303 g/mol. The predicted molar refractivity (Wildman–Crippen MR) is 85.0 cm³/mol. The largest absolute Gasteiger partial charge is 0.490 e. The first-order valence-corrected chi connectivity index (χ1v) is 7.34. The lowest BCUT2D eigenvalue weighted by molar-refractivity contribution is 0.245. The van der Waals surface area contributed by atoms with Crippen LogP contribution in [-0.4, -0.2) is 20.2 Å². The molecule has 0 spiro atoms. The number of hydrogen-bond acceptors (Lipinski definition) is 2. The summed E-state index contributed by atoms with van der Waals surface area (Å²) in [7, 11) is 1.92. The lowest BCUT2D eigenvalue weighted by Crippen LogP contribution is -2.06. The van der Waals surface area contributed by atoms with Crippen LogP contribution < -0.4 is 4.74 Å². The van der Waals surface area contributed by atoms with Gasteiger partial charge in [0.25, 0.3) is 0 Å². The molecule has 0 aliphatic rings. The standard InChI is InChI=1S/C16H18ClN3O/c1-11(2)21-14-6-4-5-13-12(14)7-8-20(13)10-16-18-9-15(17)19(16)3/h4-9,11H,10H2,1-3H3. The summed E-state index contributed by atoms with van der Waals surface area (Å²) >= 11 is 6.04. The topological polar surface area (TPSA) is 32.0 Å². The van der Waals surface area contributed by atoms with E-state index in [1.807, 2.05) is 37.6 Å². The molecule has 0 aliphatic carbocycles. The molecule has 1 aromatic carbocycles. The summed E-state index contributed by atoms with van der Waals surface area (Å²) in [6, 6.07) is 8.19. The van der Waals surface area contributed by atoms with Crippen LogP contribution in [0, 0.1) is 0 Å². The van der Waals surface area contributed by atoms with Crippen molar-refractivity contribution >= 4 is 22.5 Å². The van der Waals surface area contributed by atoms with Gasteiger partial charge in [-0.2, -0.15) is 0 Å². The average molecular weight is 304 g/mol. The maximum atomic E-state index is 6.04. The molecule has 110 valence electrons. The second-order valence-corrected chi connectivity index (χ2v) is 5.74. The van der Waals surface area contributed by atoms with Gasteiger partial charge in [0.15, 0.2) is 0 Å². The maximum Gasteiger partial charge on any atom is 0.129 e. The molecule has 3 aromatic rings. The Bertz CT molecular complexity index is 773. The van der Waals surface area contributed by atoms with Gasteiger partial charge >= 0.3 is 0 Å². The minimum atomic E-state index is 0.160. The molecule has 0 amide bonds. The first-order chi connectivity index (χ1) is 10.1. The molecule has 0 saturated carbocycles. The number of imidazole rings is 1. The van der Waals surface area contributed by atoms with Crippen molar-refractivity contribution in [3.05, 3.63) is 47.6 Å². The zero-order valence-corrected chi connectivity index (χ0v) is 13.1. The van der Waals surface area contributed by atoms with E-state index in [1.54, 1.807) is 6.20 Å². The Morgan fingerprint density at radius 1 is 1.29 bits per heavy atom. The summed E-state index contributed by atoms with van der Waals surface area (Å²) < 4.78 is 9.91. The molecule has 0 unspecified atom stereocenters. The van der Waals surface area contributed by atoms with Gasteiger partial charge in [-0.3, -0.25) is 0 Å². The summed E-state index contributed by atoms with van der Waals surface area (Å²) in [5.41, 5.74) is 1.13. The number of ether oxygens (including phenoxy) is 1. The van der Waals surface area contributed by atoms with E-state index in [9.17, 15) is 0 Å². The zero-order chi connectivity index (χ0) is 15.0. The van der Waals surface area contributed by atoms with Crippen molar-refractivity contribution in [3.8, 4) is 5.75 Å². The molecule has 0 fully saturated rings. The van der Waals surface area contributed by atoms with Crippen LogP contribution >= 0.6 is 11.6 Å². The fourth-order valence-electron chi connectivity index (χ4n) is 2.41. The number of aromatic nitrogens is 3. The van der Waals surface area contributed by atoms with Gasteiger partial charge < -0.3 is 13.9 Å². The Morgan fingerprint density at radius 2 is 2.10 bits per heavy atom. The third-order valence-electron chi connectivity index (χ3n) is 3.48. The maximum absolute atomic E-state index is 6.04. The molecular weight excluding hydrogens is 286 g/mol. The van der Waals surface area contributed by atoms with Crippen molar-refractivity contribution in [3.63, 3.8) is 0 Å². The normalized spacial score (nSPS) is 11.5. The van der Waals surface area contributed by atoms with Crippen LogP contribution in [0.1, 0.15) is 19.7 Å². The van der Waals surface area contributed by atoms with Gasteiger partial charge in [-0.05, 0) is 32.0 Å². The number of hydrogen-bond donors (Lipinski definition) is 0. The molecule has 2 heterocycles. The van der Waals surface area contributed by atoms with E-state index in [0.717, 1.165) is 22.5 Å². The average Bonchev–Trinajstić information content (AvgIpc) is 2.98. The summed E-state index contributed by atoms with van der Waals surface area (Å²) in [5.74, 6) is 1.84. The van der Waals surface area contributed by atoms with E-state index in [1.165, 1.54) is 0 Å². The SMILES string of the molecule is CC(C)Oc1cccc2c1ccn2Cc1ncc(Cl)n1C. The molecule has 2 aromatic heterocycles. The smallest absolute Gasteiger partial charge is 0.129 e. The van der Waals surface area contributed by atoms with Crippen LogP contribution in [0.15, 0.2) is 36.7 Å².